The number of aromatic nitrogens is 2. The fourth-order valence-electron chi connectivity index (χ4n) is 3.21. The maximum absolute atomic E-state index is 6.27. The molecule has 1 aromatic heterocycles. The van der Waals surface area contributed by atoms with Gasteiger partial charge >= 0.3 is 0 Å². The first-order chi connectivity index (χ1) is 13.9. The van der Waals surface area contributed by atoms with Crippen molar-refractivity contribution in [1.29, 1.82) is 0 Å². The van der Waals surface area contributed by atoms with Crippen molar-refractivity contribution in [1.82, 2.24) is 14.9 Å². The van der Waals surface area contributed by atoms with E-state index in [9.17, 15) is 0 Å². The molecule has 0 fully saturated rings. The number of unbranched alkanes of at least 4 members (excludes halogenated alkanes) is 2. The summed E-state index contributed by atoms with van der Waals surface area (Å²) >= 11 is 0. The molecule has 0 saturated heterocycles. The minimum atomic E-state index is 0.555. The Morgan fingerprint density at radius 3 is 2.55 bits per heavy atom. The van der Waals surface area contributed by atoms with Crippen LogP contribution in [0, 0.1) is 13.8 Å². The van der Waals surface area contributed by atoms with Crippen LogP contribution in [0.2, 0.25) is 0 Å². The summed E-state index contributed by atoms with van der Waals surface area (Å²) in [6, 6.07) is 6.25. The molecule has 0 saturated carbocycles. The van der Waals surface area contributed by atoms with Crippen LogP contribution < -0.4 is 15.8 Å². The minimum absolute atomic E-state index is 0.555. The third-order valence-electron chi connectivity index (χ3n) is 5.01. The summed E-state index contributed by atoms with van der Waals surface area (Å²) in [6.45, 7) is 8.93. The molecule has 1 heterocycles. The molecule has 0 spiro atoms. The van der Waals surface area contributed by atoms with E-state index in [2.05, 4.69) is 60.3 Å². The Bertz CT molecular complexity index is 753. The van der Waals surface area contributed by atoms with Crippen molar-refractivity contribution in [3.63, 3.8) is 0 Å². The molecular weight excluding hydrogens is 362 g/mol. The fraction of sp³-hybridized carbons (Fsp3) is 0.565. The molecule has 0 bridgehead atoms. The molecule has 160 valence electrons. The lowest BCUT2D eigenvalue weighted by molar-refractivity contribution is 0.281. The number of rotatable bonds is 12. The molecule has 29 heavy (non-hydrogen) atoms. The van der Waals surface area contributed by atoms with Gasteiger partial charge in [-0.2, -0.15) is 4.98 Å². The minimum Gasteiger partial charge on any atom is -0.494 e. The third-order valence-corrected chi connectivity index (χ3v) is 5.01. The summed E-state index contributed by atoms with van der Waals surface area (Å²) in [5, 5.41) is 3.28. The molecule has 6 heteroatoms. The highest BCUT2D eigenvalue weighted by atomic mass is 16.5. The summed E-state index contributed by atoms with van der Waals surface area (Å²) in [5.74, 6) is 2.09. The third kappa shape index (κ3) is 7.54. The summed E-state index contributed by atoms with van der Waals surface area (Å²) in [7, 11) is 4.15. The van der Waals surface area contributed by atoms with Crippen molar-refractivity contribution in [3.8, 4) is 5.75 Å². The highest BCUT2D eigenvalue weighted by molar-refractivity contribution is 5.50. The van der Waals surface area contributed by atoms with Crippen molar-refractivity contribution >= 4 is 11.8 Å². The summed E-state index contributed by atoms with van der Waals surface area (Å²) in [6.07, 6.45) is 5.25. The average molecular weight is 400 g/mol. The van der Waals surface area contributed by atoms with Crippen molar-refractivity contribution in [2.24, 2.45) is 0 Å². The van der Waals surface area contributed by atoms with E-state index in [1.54, 1.807) is 0 Å². The quantitative estimate of drug-likeness (QED) is 0.521. The predicted octanol–water partition coefficient (Wildman–Crippen LogP) is 4.20. The highest BCUT2D eigenvalue weighted by Gasteiger charge is 2.12. The molecule has 0 aliphatic rings. The number of nitrogens with zero attached hydrogens (tertiary/aromatic N) is 3. The summed E-state index contributed by atoms with van der Waals surface area (Å²) in [5.41, 5.74) is 10.6. The van der Waals surface area contributed by atoms with Gasteiger partial charge in [-0.15, -0.1) is 0 Å². The molecule has 0 radical (unpaired) electrons. The van der Waals surface area contributed by atoms with Gasteiger partial charge in [-0.25, -0.2) is 4.98 Å². The van der Waals surface area contributed by atoms with Gasteiger partial charge in [0.25, 0.3) is 0 Å². The van der Waals surface area contributed by atoms with E-state index in [0.717, 1.165) is 56.0 Å². The molecule has 0 aliphatic heterocycles. The van der Waals surface area contributed by atoms with Crippen LogP contribution in [0.5, 0.6) is 5.75 Å². The Morgan fingerprint density at radius 2 is 1.90 bits per heavy atom. The second kappa shape index (κ2) is 11.6. The van der Waals surface area contributed by atoms with Crippen LogP contribution >= 0.6 is 0 Å². The summed E-state index contributed by atoms with van der Waals surface area (Å²) < 4.78 is 5.88. The van der Waals surface area contributed by atoms with Crippen LogP contribution in [0.3, 0.4) is 0 Å². The number of ether oxygens (including phenoxy) is 1. The predicted molar refractivity (Wildman–Crippen MR) is 122 cm³/mol. The summed E-state index contributed by atoms with van der Waals surface area (Å²) in [4.78, 5) is 11.2. The molecule has 3 N–H and O–H groups in total. The van der Waals surface area contributed by atoms with E-state index in [1.807, 2.05) is 13.0 Å². The van der Waals surface area contributed by atoms with Gasteiger partial charge in [-0.1, -0.05) is 25.8 Å². The van der Waals surface area contributed by atoms with Crippen LogP contribution in [-0.2, 0) is 6.42 Å². The zero-order chi connectivity index (χ0) is 21.2. The van der Waals surface area contributed by atoms with Gasteiger partial charge in [0.2, 0.25) is 5.95 Å². The molecule has 0 atom stereocenters. The zero-order valence-corrected chi connectivity index (χ0v) is 18.7. The van der Waals surface area contributed by atoms with Crippen molar-refractivity contribution in [2.45, 2.75) is 52.9 Å². The second-order valence-electron chi connectivity index (χ2n) is 7.90. The zero-order valence-electron chi connectivity index (χ0n) is 18.7. The van der Waals surface area contributed by atoms with Crippen LogP contribution in [0.4, 0.5) is 11.8 Å². The number of benzene rings is 1. The Labute approximate surface area is 175 Å². The van der Waals surface area contributed by atoms with E-state index < -0.39 is 0 Å². The van der Waals surface area contributed by atoms with Gasteiger partial charge in [0.05, 0.1) is 6.61 Å². The van der Waals surface area contributed by atoms with Gasteiger partial charge in [0.15, 0.2) is 0 Å². The first-order valence-corrected chi connectivity index (χ1v) is 10.6. The second-order valence-corrected chi connectivity index (χ2v) is 7.90. The smallest absolute Gasteiger partial charge is 0.224 e. The van der Waals surface area contributed by atoms with Crippen LogP contribution in [0.1, 0.15) is 55.0 Å². The maximum atomic E-state index is 6.27. The van der Waals surface area contributed by atoms with E-state index >= 15 is 0 Å². The standard InChI is InChI=1S/C23H37N5O/c1-6-7-8-12-25-23-26-18(3)21(22(24)27-23)16-19-10-11-20(15-17(19)2)29-14-9-13-28(4)5/h10-11,15H,6-9,12-14,16H2,1-5H3,(H3,24,25,26,27). The topological polar surface area (TPSA) is 76.3 Å². The number of anilines is 2. The normalized spacial score (nSPS) is 11.1. The van der Waals surface area contributed by atoms with E-state index in [0.29, 0.717) is 11.8 Å². The van der Waals surface area contributed by atoms with Crippen LogP contribution in [-0.4, -0.2) is 48.7 Å². The fourth-order valence-corrected chi connectivity index (χ4v) is 3.21. The first-order valence-electron chi connectivity index (χ1n) is 10.6. The highest BCUT2D eigenvalue weighted by Crippen LogP contribution is 2.24. The van der Waals surface area contributed by atoms with Crippen molar-refractivity contribution < 1.29 is 4.74 Å². The van der Waals surface area contributed by atoms with Crippen LogP contribution in [0.25, 0.3) is 0 Å². The number of hydrogen-bond donors (Lipinski definition) is 2. The monoisotopic (exact) mass is 399 g/mol. The van der Waals surface area contributed by atoms with Gasteiger partial charge in [0, 0.05) is 30.8 Å². The molecule has 0 unspecified atom stereocenters. The van der Waals surface area contributed by atoms with Crippen LogP contribution in [0.15, 0.2) is 18.2 Å². The van der Waals surface area contributed by atoms with Gasteiger partial charge in [-0.05, 0) is 64.0 Å². The Hall–Kier alpha value is -2.34. The molecule has 2 rings (SSSR count). The number of nitrogens with two attached hydrogens (primary N) is 1. The number of nitrogen functional groups attached to an aromatic ring is 1. The lowest BCUT2D eigenvalue weighted by Crippen LogP contribution is -2.15. The molecule has 1 aromatic carbocycles. The molecular formula is C23H37N5O. The van der Waals surface area contributed by atoms with Gasteiger partial charge < -0.3 is 20.7 Å². The van der Waals surface area contributed by atoms with Gasteiger partial charge in [-0.3, -0.25) is 0 Å². The number of nitrogens with one attached hydrogen (secondary N) is 1. The van der Waals surface area contributed by atoms with Gasteiger partial charge in [0.1, 0.15) is 11.6 Å². The lowest BCUT2D eigenvalue weighted by Gasteiger charge is -2.14. The Balaban J connectivity index is 1.99. The largest absolute Gasteiger partial charge is 0.494 e. The Morgan fingerprint density at radius 1 is 1.10 bits per heavy atom. The molecule has 0 aliphatic carbocycles. The first kappa shape index (κ1) is 22.9. The maximum Gasteiger partial charge on any atom is 0.224 e. The van der Waals surface area contributed by atoms with E-state index in [4.69, 9.17) is 10.5 Å². The van der Waals surface area contributed by atoms with Crippen molar-refractivity contribution in [2.75, 3.05) is 44.8 Å². The number of hydrogen-bond acceptors (Lipinski definition) is 6. The lowest BCUT2D eigenvalue weighted by atomic mass is 10.00. The SMILES string of the molecule is CCCCCNc1nc(C)c(Cc2ccc(OCCCN(C)C)cc2C)c(N)n1. The van der Waals surface area contributed by atoms with E-state index in [-0.39, 0.29) is 0 Å². The van der Waals surface area contributed by atoms with E-state index in [1.165, 1.54) is 24.0 Å². The van der Waals surface area contributed by atoms with Crippen molar-refractivity contribution in [3.05, 3.63) is 40.6 Å². The number of aryl methyl sites for hydroxylation is 2. The Kier molecular flexibility index (Phi) is 9.19. The molecule has 6 nitrogen and oxygen atoms in total. The molecule has 0 amide bonds. The average Bonchev–Trinajstić information content (AvgIpc) is 2.66. The molecule has 2 aromatic rings.